The summed E-state index contributed by atoms with van der Waals surface area (Å²) in [5.41, 5.74) is 4.26. The molecule has 1 saturated heterocycles. The number of rotatable bonds is 4. The number of piperidine rings is 1. The SMILES string of the molecule is Cc1ccc(C23CC2CN(C(=O)c2ccc(=O)n(Cc4ccccc4)c2)C3)cc1. The molecule has 1 aliphatic carbocycles. The van der Waals surface area contributed by atoms with Crippen LogP contribution >= 0.6 is 0 Å². The predicted octanol–water partition coefficient (Wildman–Crippen LogP) is 3.62. The second-order valence-electron chi connectivity index (χ2n) is 8.48. The first-order chi connectivity index (χ1) is 14.0. The Kier molecular flexibility index (Phi) is 4.16. The third kappa shape index (κ3) is 3.19. The summed E-state index contributed by atoms with van der Waals surface area (Å²) in [6, 6.07) is 21.7. The van der Waals surface area contributed by atoms with Gasteiger partial charge in [0.25, 0.3) is 11.5 Å². The molecule has 0 N–H and O–H groups in total. The van der Waals surface area contributed by atoms with Crippen molar-refractivity contribution in [3.8, 4) is 0 Å². The molecule has 3 aromatic rings. The Morgan fingerprint density at radius 2 is 1.79 bits per heavy atom. The van der Waals surface area contributed by atoms with Crippen molar-refractivity contribution in [1.82, 2.24) is 9.47 Å². The van der Waals surface area contributed by atoms with Crippen molar-refractivity contribution in [3.63, 3.8) is 0 Å². The monoisotopic (exact) mass is 384 g/mol. The molecule has 2 aromatic carbocycles. The van der Waals surface area contributed by atoms with Gasteiger partial charge in [0.1, 0.15) is 0 Å². The standard InChI is InChI=1S/C25H24N2O2/c1-18-7-10-21(11-8-18)25-13-22(25)16-27(17-25)24(29)20-9-12-23(28)26(15-20)14-19-5-3-2-4-6-19/h2-12,15,22H,13-14,16-17H2,1H3. The van der Waals surface area contributed by atoms with Gasteiger partial charge in [-0.25, -0.2) is 0 Å². The fourth-order valence-corrected chi connectivity index (χ4v) is 4.71. The first-order valence-electron chi connectivity index (χ1n) is 10.2. The summed E-state index contributed by atoms with van der Waals surface area (Å²) in [7, 11) is 0. The van der Waals surface area contributed by atoms with Crippen LogP contribution in [0, 0.1) is 12.8 Å². The number of hydrogen-bond donors (Lipinski definition) is 0. The highest BCUT2D eigenvalue weighted by molar-refractivity contribution is 5.94. The van der Waals surface area contributed by atoms with Crippen LogP contribution in [0.25, 0.3) is 0 Å². The lowest BCUT2D eigenvalue weighted by Crippen LogP contribution is -2.34. The second kappa shape index (κ2) is 6.73. The molecule has 0 radical (unpaired) electrons. The quantitative estimate of drug-likeness (QED) is 0.690. The zero-order chi connectivity index (χ0) is 20.0. The van der Waals surface area contributed by atoms with Crippen molar-refractivity contribution < 1.29 is 4.79 Å². The maximum atomic E-state index is 13.2. The van der Waals surface area contributed by atoms with Crippen molar-refractivity contribution in [2.75, 3.05) is 13.1 Å². The number of aryl methyl sites for hydroxylation is 1. The topological polar surface area (TPSA) is 42.3 Å². The molecule has 2 heterocycles. The average Bonchev–Trinajstić information content (AvgIpc) is 3.31. The molecule has 1 aliphatic heterocycles. The Morgan fingerprint density at radius 3 is 2.55 bits per heavy atom. The lowest BCUT2D eigenvalue weighted by Gasteiger charge is -2.22. The maximum absolute atomic E-state index is 13.2. The molecule has 2 aliphatic rings. The van der Waals surface area contributed by atoms with Gasteiger partial charge in [0, 0.05) is 30.8 Å². The Bertz CT molecular complexity index is 1120. The van der Waals surface area contributed by atoms with Crippen molar-refractivity contribution in [2.24, 2.45) is 5.92 Å². The number of likely N-dealkylation sites (tertiary alicyclic amines) is 1. The molecule has 2 unspecified atom stereocenters. The number of hydrogen-bond acceptors (Lipinski definition) is 2. The molecule has 1 saturated carbocycles. The maximum Gasteiger partial charge on any atom is 0.255 e. The van der Waals surface area contributed by atoms with Crippen LogP contribution < -0.4 is 5.56 Å². The van der Waals surface area contributed by atoms with Crippen LogP contribution in [0.4, 0.5) is 0 Å². The first kappa shape index (κ1) is 17.9. The number of aromatic nitrogens is 1. The molecule has 0 spiro atoms. The van der Waals surface area contributed by atoms with Gasteiger partial charge in [0.15, 0.2) is 0 Å². The fraction of sp³-hybridized carbons (Fsp3) is 0.280. The van der Waals surface area contributed by atoms with Gasteiger partial charge in [0.05, 0.1) is 12.1 Å². The zero-order valence-electron chi connectivity index (χ0n) is 16.5. The summed E-state index contributed by atoms with van der Waals surface area (Å²) in [6.07, 6.45) is 2.87. The van der Waals surface area contributed by atoms with Gasteiger partial charge in [-0.1, -0.05) is 60.2 Å². The number of carbonyl (C=O) groups excluding carboxylic acids is 1. The summed E-state index contributed by atoms with van der Waals surface area (Å²) >= 11 is 0. The van der Waals surface area contributed by atoms with E-state index in [0.29, 0.717) is 18.0 Å². The molecule has 5 rings (SSSR count). The van der Waals surface area contributed by atoms with E-state index in [1.807, 2.05) is 35.2 Å². The first-order valence-corrected chi connectivity index (χ1v) is 10.2. The Morgan fingerprint density at radius 1 is 1.03 bits per heavy atom. The summed E-state index contributed by atoms with van der Waals surface area (Å²) in [5.74, 6) is 0.565. The molecule has 2 fully saturated rings. The average molecular weight is 384 g/mol. The van der Waals surface area contributed by atoms with Gasteiger partial charge in [0.2, 0.25) is 0 Å². The number of benzene rings is 2. The van der Waals surface area contributed by atoms with Crippen molar-refractivity contribution in [1.29, 1.82) is 0 Å². The number of amides is 1. The Hall–Kier alpha value is -3.14. The minimum absolute atomic E-state index is 0.0190. The Balaban J connectivity index is 1.36. The van der Waals surface area contributed by atoms with Crippen LogP contribution in [0.5, 0.6) is 0 Å². The van der Waals surface area contributed by atoms with Gasteiger partial charge in [-0.3, -0.25) is 9.59 Å². The second-order valence-corrected chi connectivity index (χ2v) is 8.48. The minimum Gasteiger partial charge on any atom is -0.337 e. The lowest BCUT2D eigenvalue weighted by molar-refractivity contribution is 0.0771. The van der Waals surface area contributed by atoms with Crippen LogP contribution in [0.15, 0.2) is 77.7 Å². The molecule has 1 aromatic heterocycles. The van der Waals surface area contributed by atoms with Crippen molar-refractivity contribution in [3.05, 3.63) is 106 Å². The molecular weight excluding hydrogens is 360 g/mol. The molecule has 4 nitrogen and oxygen atoms in total. The van der Waals surface area contributed by atoms with Crippen molar-refractivity contribution in [2.45, 2.75) is 25.3 Å². The number of pyridine rings is 1. The van der Waals surface area contributed by atoms with E-state index in [1.54, 1.807) is 16.8 Å². The zero-order valence-corrected chi connectivity index (χ0v) is 16.5. The number of nitrogens with zero attached hydrogens (tertiary/aromatic N) is 2. The van der Waals surface area contributed by atoms with E-state index in [-0.39, 0.29) is 16.9 Å². The number of fused-ring (bicyclic) bond motifs is 1. The smallest absolute Gasteiger partial charge is 0.255 e. The largest absolute Gasteiger partial charge is 0.337 e. The van der Waals surface area contributed by atoms with E-state index >= 15 is 0 Å². The van der Waals surface area contributed by atoms with Gasteiger partial charge < -0.3 is 9.47 Å². The third-order valence-corrected chi connectivity index (χ3v) is 6.49. The number of carbonyl (C=O) groups is 1. The molecular formula is C25H24N2O2. The molecule has 4 heteroatoms. The van der Waals surface area contributed by atoms with Crippen LogP contribution in [0.3, 0.4) is 0 Å². The van der Waals surface area contributed by atoms with E-state index in [2.05, 4.69) is 31.2 Å². The Labute approximate surface area is 170 Å². The van der Waals surface area contributed by atoms with Gasteiger partial charge in [-0.2, -0.15) is 0 Å². The minimum atomic E-state index is -0.0919. The van der Waals surface area contributed by atoms with Crippen LogP contribution in [-0.2, 0) is 12.0 Å². The molecule has 146 valence electrons. The normalized spacial score (nSPS) is 22.4. The highest BCUT2D eigenvalue weighted by Gasteiger charge is 2.61. The van der Waals surface area contributed by atoms with Gasteiger partial charge in [-0.05, 0) is 36.5 Å². The summed E-state index contributed by atoms with van der Waals surface area (Å²) in [6.45, 7) is 4.12. The predicted molar refractivity (Wildman–Crippen MR) is 113 cm³/mol. The molecule has 1 amide bonds. The molecule has 29 heavy (non-hydrogen) atoms. The summed E-state index contributed by atoms with van der Waals surface area (Å²) < 4.78 is 1.62. The van der Waals surface area contributed by atoms with Crippen molar-refractivity contribution >= 4 is 5.91 Å². The molecule has 2 atom stereocenters. The van der Waals surface area contributed by atoms with E-state index < -0.39 is 0 Å². The van der Waals surface area contributed by atoms with Gasteiger partial charge >= 0.3 is 0 Å². The van der Waals surface area contributed by atoms with Crippen LogP contribution in [0.1, 0.15) is 33.5 Å². The van der Waals surface area contributed by atoms with Gasteiger partial charge in [-0.15, -0.1) is 0 Å². The fourth-order valence-electron chi connectivity index (χ4n) is 4.71. The third-order valence-electron chi connectivity index (χ3n) is 6.49. The molecule has 0 bridgehead atoms. The highest BCUT2D eigenvalue weighted by atomic mass is 16.2. The van der Waals surface area contributed by atoms with E-state index in [9.17, 15) is 9.59 Å². The van der Waals surface area contributed by atoms with Crippen LogP contribution in [-0.4, -0.2) is 28.5 Å². The summed E-state index contributed by atoms with van der Waals surface area (Å²) in [5, 5.41) is 0. The van der Waals surface area contributed by atoms with Crippen LogP contribution in [0.2, 0.25) is 0 Å². The van der Waals surface area contributed by atoms with E-state index in [4.69, 9.17) is 0 Å². The lowest BCUT2D eigenvalue weighted by atomic mass is 9.94. The van der Waals surface area contributed by atoms with E-state index in [1.165, 1.54) is 17.2 Å². The van der Waals surface area contributed by atoms with E-state index in [0.717, 1.165) is 25.1 Å². The highest BCUT2D eigenvalue weighted by Crippen LogP contribution is 2.59. The summed E-state index contributed by atoms with van der Waals surface area (Å²) in [4.78, 5) is 27.4.